The summed E-state index contributed by atoms with van der Waals surface area (Å²) in [6.45, 7) is 5.98. The zero-order valence-corrected chi connectivity index (χ0v) is 13.1. The van der Waals surface area contributed by atoms with Crippen molar-refractivity contribution in [3.05, 3.63) is 0 Å². The number of nitrogens with zero attached hydrogens (tertiary/aromatic N) is 1. The van der Waals surface area contributed by atoms with Crippen molar-refractivity contribution in [1.29, 1.82) is 0 Å². The summed E-state index contributed by atoms with van der Waals surface area (Å²) in [5.74, 6) is 0.451. The molecule has 5 nitrogen and oxygen atoms in total. The van der Waals surface area contributed by atoms with Gasteiger partial charge in [-0.15, -0.1) is 0 Å². The molecule has 3 unspecified atom stereocenters. The minimum atomic E-state index is -3.02. The smallest absolute Gasteiger partial charge is 0.226 e. The molecule has 20 heavy (non-hydrogen) atoms. The average molecular weight is 300 g/mol. The van der Waals surface area contributed by atoms with Crippen LogP contribution in [0.3, 0.4) is 0 Å². The summed E-state index contributed by atoms with van der Waals surface area (Å²) in [5.41, 5.74) is 0.224. The molecule has 114 valence electrons. The number of hydrogen-bond donors (Lipinski definition) is 1. The molecule has 3 fully saturated rings. The van der Waals surface area contributed by atoms with E-state index in [4.69, 9.17) is 0 Å². The van der Waals surface area contributed by atoms with Crippen molar-refractivity contribution in [2.45, 2.75) is 44.4 Å². The third kappa shape index (κ3) is 2.17. The zero-order valence-electron chi connectivity index (χ0n) is 12.3. The number of rotatable bonds is 1. The molecule has 0 aromatic heterocycles. The van der Waals surface area contributed by atoms with Crippen LogP contribution < -0.4 is 5.32 Å². The Balaban J connectivity index is 1.70. The van der Waals surface area contributed by atoms with Crippen LogP contribution in [0.2, 0.25) is 0 Å². The van der Waals surface area contributed by atoms with Crippen LogP contribution in [-0.4, -0.2) is 55.9 Å². The molecular formula is C14H24N2O3S. The highest BCUT2D eigenvalue weighted by Crippen LogP contribution is 2.59. The van der Waals surface area contributed by atoms with E-state index in [1.807, 2.05) is 11.8 Å². The molecular weight excluding hydrogens is 276 g/mol. The van der Waals surface area contributed by atoms with E-state index in [1.165, 1.54) is 0 Å². The maximum atomic E-state index is 12.7. The third-order valence-corrected chi connectivity index (χ3v) is 8.00. The lowest BCUT2D eigenvalue weighted by Gasteiger charge is -2.38. The molecule has 2 saturated heterocycles. The number of amides is 1. The molecule has 2 aliphatic heterocycles. The first-order valence-corrected chi connectivity index (χ1v) is 9.32. The lowest BCUT2D eigenvalue weighted by molar-refractivity contribution is -0.135. The topological polar surface area (TPSA) is 66.5 Å². The van der Waals surface area contributed by atoms with Crippen molar-refractivity contribution in [3.8, 4) is 0 Å². The molecule has 0 aromatic rings. The minimum Gasteiger partial charge on any atom is -0.337 e. The molecule has 0 aromatic carbocycles. The number of hydrogen-bond acceptors (Lipinski definition) is 4. The largest absolute Gasteiger partial charge is 0.337 e. The van der Waals surface area contributed by atoms with Gasteiger partial charge in [0.1, 0.15) is 0 Å². The van der Waals surface area contributed by atoms with Crippen molar-refractivity contribution in [2.75, 3.05) is 25.4 Å². The average Bonchev–Trinajstić information content (AvgIpc) is 3.10. The van der Waals surface area contributed by atoms with E-state index in [-0.39, 0.29) is 29.0 Å². The summed E-state index contributed by atoms with van der Waals surface area (Å²) in [7, 11) is -3.02. The van der Waals surface area contributed by atoms with E-state index >= 15 is 0 Å². The van der Waals surface area contributed by atoms with E-state index in [1.54, 1.807) is 6.92 Å². The molecule has 1 aliphatic carbocycles. The van der Waals surface area contributed by atoms with Gasteiger partial charge in [0, 0.05) is 18.5 Å². The molecule has 1 spiro atoms. The first kappa shape index (κ1) is 14.3. The maximum absolute atomic E-state index is 12.7. The van der Waals surface area contributed by atoms with E-state index in [2.05, 4.69) is 5.32 Å². The number of piperidine rings is 1. The van der Waals surface area contributed by atoms with Crippen LogP contribution in [0.4, 0.5) is 0 Å². The summed E-state index contributed by atoms with van der Waals surface area (Å²) in [6.07, 6.45) is 3.16. The predicted octanol–water partition coefficient (Wildman–Crippen LogP) is 0.410. The second-order valence-corrected chi connectivity index (χ2v) is 9.19. The van der Waals surface area contributed by atoms with Gasteiger partial charge in [-0.1, -0.05) is 0 Å². The van der Waals surface area contributed by atoms with E-state index in [0.717, 1.165) is 32.4 Å². The first-order chi connectivity index (χ1) is 9.37. The molecule has 1 saturated carbocycles. The number of sulfone groups is 1. The molecule has 3 atom stereocenters. The van der Waals surface area contributed by atoms with Crippen molar-refractivity contribution < 1.29 is 13.2 Å². The Hall–Kier alpha value is -0.620. The predicted molar refractivity (Wildman–Crippen MR) is 77.1 cm³/mol. The standard InChI is InChI=1S/C14H24N2O3S/c1-10-11(2)20(18,19)8-7-16(10)13(17)12-9-14(12)3-5-15-6-4-14/h10-12,15H,3-9H2,1-2H3. The van der Waals surface area contributed by atoms with Crippen molar-refractivity contribution >= 4 is 15.7 Å². The Kier molecular flexibility index (Phi) is 3.36. The van der Waals surface area contributed by atoms with Gasteiger partial charge in [-0.2, -0.15) is 0 Å². The van der Waals surface area contributed by atoms with Gasteiger partial charge >= 0.3 is 0 Å². The first-order valence-electron chi connectivity index (χ1n) is 7.60. The zero-order chi connectivity index (χ0) is 14.5. The maximum Gasteiger partial charge on any atom is 0.226 e. The second-order valence-electron chi connectivity index (χ2n) is 6.71. The number of carbonyl (C=O) groups excluding carboxylic acids is 1. The molecule has 2 heterocycles. The van der Waals surface area contributed by atoms with E-state index in [9.17, 15) is 13.2 Å². The number of nitrogens with one attached hydrogen (secondary N) is 1. The molecule has 3 aliphatic rings. The van der Waals surface area contributed by atoms with Gasteiger partial charge in [-0.25, -0.2) is 8.42 Å². The Morgan fingerprint density at radius 2 is 1.90 bits per heavy atom. The van der Waals surface area contributed by atoms with Crippen molar-refractivity contribution in [2.24, 2.45) is 11.3 Å². The van der Waals surface area contributed by atoms with Crippen LogP contribution in [0.15, 0.2) is 0 Å². The van der Waals surface area contributed by atoms with Crippen LogP contribution in [0.5, 0.6) is 0 Å². The lowest BCUT2D eigenvalue weighted by atomic mass is 9.91. The van der Waals surface area contributed by atoms with E-state index < -0.39 is 15.1 Å². The minimum absolute atomic E-state index is 0.117. The van der Waals surface area contributed by atoms with Crippen molar-refractivity contribution in [1.82, 2.24) is 10.2 Å². The van der Waals surface area contributed by atoms with Gasteiger partial charge in [-0.3, -0.25) is 4.79 Å². The molecule has 1 amide bonds. The van der Waals surface area contributed by atoms with Crippen LogP contribution in [0, 0.1) is 11.3 Å². The molecule has 0 radical (unpaired) electrons. The molecule has 1 N–H and O–H groups in total. The van der Waals surface area contributed by atoms with Gasteiger partial charge in [-0.05, 0) is 51.6 Å². The monoisotopic (exact) mass is 300 g/mol. The van der Waals surface area contributed by atoms with Gasteiger partial charge in [0.15, 0.2) is 9.84 Å². The molecule has 6 heteroatoms. The Labute approximate surface area is 121 Å². The highest BCUT2D eigenvalue weighted by molar-refractivity contribution is 7.92. The van der Waals surface area contributed by atoms with Gasteiger partial charge in [0.05, 0.1) is 11.0 Å². The second kappa shape index (κ2) is 4.70. The van der Waals surface area contributed by atoms with Gasteiger partial charge < -0.3 is 10.2 Å². The molecule has 0 bridgehead atoms. The summed E-state index contributed by atoms with van der Waals surface area (Å²) in [5, 5.41) is 2.90. The summed E-state index contributed by atoms with van der Waals surface area (Å²) in [6, 6.07) is -0.194. The number of carbonyl (C=O) groups is 1. The Morgan fingerprint density at radius 1 is 1.25 bits per heavy atom. The van der Waals surface area contributed by atoms with Crippen LogP contribution in [0.1, 0.15) is 33.1 Å². The fourth-order valence-corrected chi connectivity index (χ4v) is 5.42. The lowest BCUT2D eigenvalue weighted by Crippen LogP contribution is -2.55. The van der Waals surface area contributed by atoms with Gasteiger partial charge in [0.25, 0.3) is 0 Å². The quantitative estimate of drug-likeness (QED) is 0.762. The normalized spacial score (nSPS) is 38.7. The van der Waals surface area contributed by atoms with Gasteiger partial charge in [0.2, 0.25) is 5.91 Å². The van der Waals surface area contributed by atoms with Crippen LogP contribution >= 0.6 is 0 Å². The van der Waals surface area contributed by atoms with Crippen molar-refractivity contribution in [3.63, 3.8) is 0 Å². The summed E-state index contributed by atoms with van der Waals surface area (Å²) >= 11 is 0. The fourth-order valence-electron chi connectivity index (χ4n) is 3.85. The summed E-state index contributed by atoms with van der Waals surface area (Å²) in [4.78, 5) is 14.5. The third-order valence-electron chi connectivity index (χ3n) is 5.72. The Morgan fingerprint density at radius 3 is 2.55 bits per heavy atom. The highest BCUT2D eigenvalue weighted by atomic mass is 32.2. The van der Waals surface area contributed by atoms with Crippen LogP contribution in [-0.2, 0) is 14.6 Å². The van der Waals surface area contributed by atoms with E-state index in [0.29, 0.717) is 6.54 Å². The SMILES string of the molecule is CC1C(C)S(=O)(=O)CCN1C(=O)C1CC12CCNCC2. The summed E-state index contributed by atoms with van der Waals surface area (Å²) < 4.78 is 23.8. The Bertz CT molecular complexity index is 511. The highest BCUT2D eigenvalue weighted by Gasteiger charge is 2.59. The molecule has 3 rings (SSSR count). The van der Waals surface area contributed by atoms with Crippen LogP contribution in [0.25, 0.3) is 0 Å². The fraction of sp³-hybridized carbons (Fsp3) is 0.929.